The average Bonchev–Trinajstić information content (AvgIpc) is 3.18. The Kier molecular flexibility index (Phi) is 6.50. The molecule has 6 heteroatoms. The average molecular weight is 386 g/mol. The van der Waals surface area contributed by atoms with Gasteiger partial charge in [0.1, 0.15) is 0 Å². The number of anilines is 1. The van der Waals surface area contributed by atoms with Crippen molar-refractivity contribution in [3.8, 4) is 0 Å². The summed E-state index contributed by atoms with van der Waals surface area (Å²) in [6.45, 7) is 4.07. The van der Waals surface area contributed by atoms with Crippen molar-refractivity contribution < 1.29 is 9.59 Å². The van der Waals surface area contributed by atoms with Gasteiger partial charge < -0.3 is 15.1 Å². The Morgan fingerprint density at radius 3 is 2.78 bits per heavy atom. The van der Waals surface area contributed by atoms with E-state index in [4.69, 9.17) is 0 Å². The number of rotatable bonds is 7. The van der Waals surface area contributed by atoms with Crippen LogP contribution in [0.25, 0.3) is 0 Å². The lowest BCUT2D eigenvalue weighted by Gasteiger charge is -2.28. The molecule has 0 saturated heterocycles. The predicted octanol–water partition coefficient (Wildman–Crippen LogP) is 3.05. The van der Waals surface area contributed by atoms with Crippen LogP contribution in [-0.4, -0.2) is 42.9 Å². The molecule has 1 unspecified atom stereocenters. The Morgan fingerprint density at radius 2 is 2.00 bits per heavy atom. The second kappa shape index (κ2) is 9.04. The van der Waals surface area contributed by atoms with Crippen LogP contribution in [0.2, 0.25) is 0 Å². The Bertz CT molecular complexity index is 775. The molecular formula is C21H27N3O2S. The molecule has 0 radical (unpaired) electrons. The number of nitrogens with one attached hydrogen (secondary N) is 1. The number of hydrogen-bond donors (Lipinski definition) is 1. The molecular weight excluding hydrogens is 358 g/mol. The summed E-state index contributed by atoms with van der Waals surface area (Å²) < 4.78 is 0. The summed E-state index contributed by atoms with van der Waals surface area (Å²) in [6.07, 6.45) is 1.44. The highest BCUT2D eigenvalue weighted by atomic mass is 32.1. The molecule has 1 atom stereocenters. The molecule has 1 aliphatic heterocycles. The predicted molar refractivity (Wildman–Crippen MR) is 110 cm³/mol. The van der Waals surface area contributed by atoms with E-state index in [1.807, 2.05) is 30.1 Å². The van der Waals surface area contributed by atoms with E-state index in [9.17, 15) is 9.59 Å². The molecule has 2 heterocycles. The maximum atomic E-state index is 12.4. The number of fused-ring (bicyclic) bond motifs is 1. The van der Waals surface area contributed by atoms with Gasteiger partial charge in [0, 0.05) is 56.1 Å². The number of carbonyl (C=O) groups is 2. The van der Waals surface area contributed by atoms with Gasteiger partial charge in [-0.05, 0) is 42.5 Å². The Hall–Kier alpha value is -2.34. The number of amides is 2. The molecule has 1 aliphatic rings. The summed E-state index contributed by atoms with van der Waals surface area (Å²) in [5.74, 6) is 0.00125. The summed E-state index contributed by atoms with van der Waals surface area (Å²) in [7, 11) is 2.02. The fraction of sp³-hybridized carbons (Fsp3) is 0.429. The quantitative estimate of drug-likeness (QED) is 0.797. The number of benzene rings is 1. The van der Waals surface area contributed by atoms with Crippen molar-refractivity contribution in [1.29, 1.82) is 0 Å². The molecule has 0 spiro atoms. The SMILES string of the molecule is CC(CNC(=O)CCC(=O)N1CCc2sccc2C1)N(C)c1ccccc1. The van der Waals surface area contributed by atoms with Gasteiger partial charge in [0.15, 0.2) is 0 Å². The number of para-hydroxylation sites is 1. The maximum absolute atomic E-state index is 12.4. The topological polar surface area (TPSA) is 52.7 Å². The molecule has 1 aromatic carbocycles. The Morgan fingerprint density at radius 1 is 1.22 bits per heavy atom. The first-order valence-electron chi connectivity index (χ1n) is 9.42. The normalized spacial score (nSPS) is 14.4. The number of likely N-dealkylation sites (N-methyl/N-ethyl adjacent to an activating group) is 1. The van der Waals surface area contributed by atoms with Crippen LogP contribution in [0, 0.1) is 0 Å². The summed E-state index contributed by atoms with van der Waals surface area (Å²) >= 11 is 1.76. The first-order valence-corrected chi connectivity index (χ1v) is 10.3. The van der Waals surface area contributed by atoms with Crippen LogP contribution >= 0.6 is 11.3 Å². The van der Waals surface area contributed by atoms with Gasteiger partial charge in [0.2, 0.25) is 11.8 Å². The van der Waals surface area contributed by atoms with E-state index in [-0.39, 0.29) is 30.7 Å². The fourth-order valence-corrected chi connectivity index (χ4v) is 4.13. The number of hydrogen-bond acceptors (Lipinski definition) is 4. The van der Waals surface area contributed by atoms with E-state index >= 15 is 0 Å². The summed E-state index contributed by atoms with van der Waals surface area (Å²) in [5, 5.41) is 5.04. The molecule has 1 aromatic heterocycles. The van der Waals surface area contributed by atoms with E-state index in [2.05, 4.69) is 40.7 Å². The number of nitrogens with zero attached hydrogens (tertiary/aromatic N) is 2. The van der Waals surface area contributed by atoms with Crippen LogP contribution in [-0.2, 0) is 22.6 Å². The van der Waals surface area contributed by atoms with Crippen molar-refractivity contribution in [2.75, 3.05) is 25.0 Å². The van der Waals surface area contributed by atoms with E-state index in [0.29, 0.717) is 13.1 Å². The van der Waals surface area contributed by atoms with E-state index in [1.54, 1.807) is 11.3 Å². The summed E-state index contributed by atoms with van der Waals surface area (Å²) in [6, 6.07) is 12.4. The Labute approximate surface area is 165 Å². The molecule has 144 valence electrons. The molecule has 1 N–H and O–H groups in total. The zero-order chi connectivity index (χ0) is 19.2. The lowest BCUT2D eigenvalue weighted by molar-refractivity contribution is -0.134. The fourth-order valence-electron chi connectivity index (χ4n) is 3.24. The van der Waals surface area contributed by atoms with Gasteiger partial charge in [-0.15, -0.1) is 11.3 Å². The second-order valence-electron chi connectivity index (χ2n) is 7.03. The molecule has 27 heavy (non-hydrogen) atoms. The van der Waals surface area contributed by atoms with Gasteiger partial charge in [0.05, 0.1) is 0 Å². The highest BCUT2D eigenvalue weighted by Gasteiger charge is 2.22. The maximum Gasteiger partial charge on any atom is 0.223 e. The first kappa shape index (κ1) is 19.4. The zero-order valence-corrected chi connectivity index (χ0v) is 16.8. The summed E-state index contributed by atoms with van der Waals surface area (Å²) in [4.78, 5) is 29.9. The third-order valence-corrected chi connectivity index (χ3v) is 6.17. The first-order chi connectivity index (χ1) is 13.0. The van der Waals surface area contributed by atoms with Gasteiger partial charge in [-0.25, -0.2) is 0 Å². The number of carbonyl (C=O) groups excluding carboxylic acids is 2. The van der Waals surface area contributed by atoms with Crippen molar-refractivity contribution in [2.24, 2.45) is 0 Å². The molecule has 0 aliphatic carbocycles. The number of thiophene rings is 1. The monoisotopic (exact) mass is 385 g/mol. The van der Waals surface area contributed by atoms with Gasteiger partial charge >= 0.3 is 0 Å². The minimum atomic E-state index is -0.0649. The van der Waals surface area contributed by atoms with Gasteiger partial charge in [-0.3, -0.25) is 9.59 Å². The molecule has 2 amide bonds. The van der Waals surface area contributed by atoms with Crippen molar-refractivity contribution in [1.82, 2.24) is 10.2 Å². The van der Waals surface area contributed by atoms with E-state index in [1.165, 1.54) is 10.4 Å². The highest BCUT2D eigenvalue weighted by molar-refractivity contribution is 7.10. The largest absolute Gasteiger partial charge is 0.370 e. The lowest BCUT2D eigenvalue weighted by atomic mass is 10.1. The van der Waals surface area contributed by atoms with Crippen LogP contribution in [0.3, 0.4) is 0 Å². The smallest absolute Gasteiger partial charge is 0.223 e. The van der Waals surface area contributed by atoms with E-state index in [0.717, 1.165) is 18.7 Å². The minimum absolute atomic E-state index is 0.0649. The van der Waals surface area contributed by atoms with Crippen molar-refractivity contribution in [3.05, 3.63) is 52.2 Å². The molecule has 0 bridgehead atoms. The molecule has 3 rings (SSSR count). The Balaban J connectivity index is 1.39. The van der Waals surface area contributed by atoms with Crippen LogP contribution in [0.1, 0.15) is 30.2 Å². The molecule has 2 aromatic rings. The van der Waals surface area contributed by atoms with Crippen molar-refractivity contribution >= 4 is 28.8 Å². The van der Waals surface area contributed by atoms with Crippen LogP contribution < -0.4 is 10.2 Å². The molecule has 0 saturated carbocycles. The van der Waals surface area contributed by atoms with Crippen LogP contribution in [0.4, 0.5) is 5.69 Å². The lowest BCUT2D eigenvalue weighted by Crippen LogP contribution is -2.41. The molecule has 5 nitrogen and oxygen atoms in total. The molecule has 0 fully saturated rings. The highest BCUT2D eigenvalue weighted by Crippen LogP contribution is 2.24. The van der Waals surface area contributed by atoms with Crippen LogP contribution in [0.15, 0.2) is 41.8 Å². The van der Waals surface area contributed by atoms with Gasteiger partial charge in [0.25, 0.3) is 0 Å². The van der Waals surface area contributed by atoms with Crippen LogP contribution in [0.5, 0.6) is 0 Å². The van der Waals surface area contributed by atoms with Crippen molar-refractivity contribution in [2.45, 2.75) is 38.8 Å². The van der Waals surface area contributed by atoms with Crippen molar-refractivity contribution in [3.63, 3.8) is 0 Å². The second-order valence-corrected chi connectivity index (χ2v) is 8.03. The van der Waals surface area contributed by atoms with Gasteiger partial charge in [-0.1, -0.05) is 18.2 Å². The zero-order valence-electron chi connectivity index (χ0n) is 16.0. The summed E-state index contributed by atoms with van der Waals surface area (Å²) in [5.41, 5.74) is 2.37. The van der Waals surface area contributed by atoms with Gasteiger partial charge in [-0.2, -0.15) is 0 Å². The standard InChI is InChI=1S/C21H27N3O2S/c1-16(23(2)18-6-4-3-5-7-18)14-22-20(25)8-9-21(26)24-12-10-19-17(15-24)11-13-27-19/h3-7,11,13,16H,8-10,12,14-15H2,1-2H3,(H,22,25). The third kappa shape index (κ3) is 5.10. The van der Waals surface area contributed by atoms with E-state index < -0.39 is 0 Å². The minimum Gasteiger partial charge on any atom is -0.370 e. The third-order valence-electron chi connectivity index (χ3n) is 5.15.